The fourth-order valence-corrected chi connectivity index (χ4v) is 4.06. The van der Waals surface area contributed by atoms with Gasteiger partial charge in [-0.05, 0) is 36.4 Å². The highest BCUT2D eigenvalue weighted by Crippen LogP contribution is 2.21. The molecule has 1 fully saturated rings. The van der Waals surface area contributed by atoms with Gasteiger partial charge < -0.3 is 15.5 Å². The number of guanidine groups is 1. The van der Waals surface area contributed by atoms with Crippen molar-refractivity contribution >= 4 is 47.6 Å². The van der Waals surface area contributed by atoms with Crippen LogP contribution in [-0.4, -0.2) is 73.4 Å². The van der Waals surface area contributed by atoms with Gasteiger partial charge in [-0.3, -0.25) is 9.89 Å². The van der Waals surface area contributed by atoms with Crippen LogP contribution in [0.15, 0.2) is 46.5 Å². The quantitative estimate of drug-likeness (QED) is 0.242. The average molecular weight is 542 g/mol. The number of aromatic nitrogens is 2. The van der Waals surface area contributed by atoms with Crippen molar-refractivity contribution in [3.63, 3.8) is 0 Å². The van der Waals surface area contributed by atoms with E-state index in [1.54, 1.807) is 24.2 Å². The lowest BCUT2D eigenvalue weighted by Crippen LogP contribution is -2.49. The van der Waals surface area contributed by atoms with Crippen molar-refractivity contribution in [3.8, 4) is 0 Å². The molecule has 2 aromatic rings. The Kier molecular flexibility index (Phi) is 10.7. The summed E-state index contributed by atoms with van der Waals surface area (Å²) in [5.41, 5.74) is 2.59. The molecule has 2 N–H and O–H groups in total. The minimum absolute atomic E-state index is 0. The molecule has 0 amide bonds. The predicted molar refractivity (Wildman–Crippen MR) is 137 cm³/mol. The van der Waals surface area contributed by atoms with Gasteiger partial charge in [-0.2, -0.15) is 0 Å². The largest absolute Gasteiger partial charge is 0.355 e. The van der Waals surface area contributed by atoms with Crippen LogP contribution in [0.25, 0.3) is 0 Å². The molecule has 164 valence electrons. The topological polar surface area (TPSA) is 68.7 Å². The molecule has 30 heavy (non-hydrogen) atoms. The molecule has 0 spiro atoms. The van der Waals surface area contributed by atoms with Crippen LogP contribution >= 0.6 is 35.7 Å². The van der Waals surface area contributed by atoms with Gasteiger partial charge in [0.05, 0.1) is 0 Å². The summed E-state index contributed by atoms with van der Waals surface area (Å²) in [6.45, 7) is 8.72. The molecule has 2 heterocycles. The van der Waals surface area contributed by atoms with Gasteiger partial charge in [-0.25, -0.2) is 9.97 Å². The Morgan fingerprint density at radius 2 is 1.87 bits per heavy atom. The smallest absolute Gasteiger partial charge is 0.225 e. The summed E-state index contributed by atoms with van der Waals surface area (Å²) in [4.78, 5) is 19.1. The van der Waals surface area contributed by atoms with E-state index in [4.69, 9.17) is 0 Å². The first kappa shape index (κ1) is 24.7. The van der Waals surface area contributed by atoms with Gasteiger partial charge in [0.15, 0.2) is 5.96 Å². The molecule has 0 unspecified atom stereocenters. The third-order valence-corrected chi connectivity index (χ3v) is 5.86. The van der Waals surface area contributed by atoms with E-state index in [0.717, 1.165) is 57.7 Å². The van der Waals surface area contributed by atoms with Crippen LogP contribution in [0.2, 0.25) is 0 Å². The second kappa shape index (κ2) is 13.0. The highest BCUT2D eigenvalue weighted by Gasteiger charge is 2.18. The van der Waals surface area contributed by atoms with Crippen molar-refractivity contribution in [2.75, 3.05) is 57.5 Å². The van der Waals surface area contributed by atoms with Crippen LogP contribution in [-0.2, 0) is 6.54 Å². The monoisotopic (exact) mass is 541 g/mol. The Bertz CT molecular complexity index is 795. The number of benzene rings is 1. The van der Waals surface area contributed by atoms with Crippen molar-refractivity contribution in [2.24, 2.45) is 4.99 Å². The van der Waals surface area contributed by atoms with Crippen LogP contribution in [0.5, 0.6) is 0 Å². The molecule has 1 aromatic carbocycles. The lowest BCUT2D eigenvalue weighted by molar-refractivity contribution is 0.260. The molecule has 1 saturated heterocycles. The van der Waals surface area contributed by atoms with Crippen molar-refractivity contribution < 1.29 is 0 Å². The summed E-state index contributed by atoms with van der Waals surface area (Å²) in [7, 11) is 1.82. The molecule has 0 radical (unpaired) electrons. The van der Waals surface area contributed by atoms with Gasteiger partial charge in [0.25, 0.3) is 0 Å². The van der Waals surface area contributed by atoms with Crippen LogP contribution < -0.4 is 15.5 Å². The van der Waals surface area contributed by atoms with Crippen LogP contribution in [0, 0.1) is 6.92 Å². The molecule has 9 heteroatoms. The van der Waals surface area contributed by atoms with Gasteiger partial charge in [-0.15, -0.1) is 35.7 Å². The van der Waals surface area contributed by atoms with Crippen molar-refractivity contribution in [1.29, 1.82) is 0 Å². The number of hydrogen-bond donors (Lipinski definition) is 2. The third-order valence-electron chi connectivity index (χ3n) is 5.04. The number of halogens is 1. The van der Waals surface area contributed by atoms with Gasteiger partial charge in [-0.1, -0.05) is 12.1 Å². The molecule has 7 nitrogen and oxygen atoms in total. The number of rotatable bonds is 7. The lowest BCUT2D eigenvalue weighted by Gasteiger charge is -2.34. The van der Waals surface area contributed by atoms with Crippen LogP contribution in [0.3, 0.4) is 0 Å². The normalized spacial score (nSPS) is 14.9. The molecule has 0 atom stereocenters. The summed E-state index contributed by atoms with van der Waals surface area (Å²) >= 11 is 1.78. The Labute approximate surface area is 201 Å². The number of nitrogens with zero attached hydrogens (tertiary/aromatic N) is 5. The zero-order chi connectivity index (χ0) is 20.5. The second-order valence-corrected chi connectivity index (χ2v) is 7.89. The zero-order valence-electron chi connectivity index (χ0n) is 18.0. The van der Waals surface area contributed by atoms with Crippen LogP contribution in [0.1, 0.15) is 11.1 Å². The van der Waals surface area contributed by atoms with Gasteiger partial charge >= 0.3 is 0 Å². The van der Waals surface area contributed by atoms with Crippen LogP contribution in [0.4, 0.5) is 5.95 Å². The number of hydrogen-bond acceptors (Lipinski definition) is 6. The number of nitrogens with one attached hydrogen (secondary N) is 2. The van der Waals surface area contributed by atoms with Gasteiger partial charge in [0.2, 0.25) is 5.95 Å². The number of aryl methyl sites for hydroxylation is 1. The number of piperazine rings is 1. The predicted octanol–water partition coefficient (Wildman–Crippen LogP) is 2.61. The molecule has 1 aliphatic heterocycles. The SMILES string of the molecule is CN=C(NCCN1CCN(c2ncccn2)CC1)NCc1ccc(C)cc1SC.I. The van der Waals surface area contributed by atoms with E-state index >= 15 is 0 Å². The minimum atomic E-state index is 0. The summed E-state index contributed by atoms with van der Waals surface area (Å²) in [6, 6.07) is 8.44. The maximum Gasteiger partial charge on any atom is 0.225 e. The van der Waals surface area contributed by atoms with E-state index < -0.39 is 0 Å². The second-order valence-electron chi connectivity index (χ2n) is 7.05. The molecule has 3 rings (SSSR count). The minimum Gasteiger partial charge on any atom is -0.355 e. The average Bonchev–Trinajstić information content (AvgIpc) is 2.77. The van der Waals surface area contributed by atoms with E-state index in [0.29, 0.717) is 0 Å². The zero-order valence-corrected chi connectivity index (χ0v) is 21.1. The van der Waals surface area contributed by atoms with Crippen molar-refractivity contribution in [3.05, 3.63) is 47.8 Å². The highest BCUT2D eigenvalue weighted by atomic mass is 127. The molecule has 0 saturated carbocycles. The van der Waals surface area contributed by atoms with Crippen molar-refractivity contribution in [2.45, 2.75) is 18.4 Å². The molecule has 0 bridgehead atoms. The summed E-state index contributed by atoms with van der Waals surface area (Å²) in [5, 5.41) is 6.86. The fraction of sp³-hybridized carbons (Fsp3) is 0.476. The molecular formula is C21H32IN7S. The first-order valence-electron chi connectivity index (χ1n) is 10.0. The first-order valence-corrected chi connectivity index (χ1v) is 11.2. The first-order chi connectivity index (χ1) is 14.2. The third kappa shape index (κ3) is 7.28. The van der Waals surface area contributed by atoms with Crippen molar-refractivity contribution in [1.82, 2.24) is 25.5 Å². The summed E-state index contributed by atoms with van der Waals surface area (Å²) in [6.07, 6.45) is 5.72. The molecule has 1 aliphatic rings. The van der Waals surface area contributed by atoms with E-state index in [1.807, 2.05) is 13.1 Å². The molecule has 0 aliphatic carbocycles. The number of anilines is 1. The van der Waals surface area contributed by atoms with E-state index in [2.05, 4.69) is 66.8 Å². The summed E-state index contributed by atoms with van der Waals surface area (Å²) in [5.74, 6) is 1.67. The molecular weight excluding hydrogens is 509 g/mol. The maximum atomic E-state index is 4.35. The maximum absolute atomic E-state index is 4.35. The summed E-state index contributed by atoms with van der Waals surface area (Å²) < 4.78 is 0. The van der Waals surface area contributed by atoms with Gasteiger partial charge in [0, 0.05) is 70.2 Å². The van der Waals surface area contributed by atoms with E-state index in [-0.39, 0.29) is 24.0 Å². The number of thioether (sulfide) groups is 1. The Balaban J connectivity index is 0.00000320. The van der Waals surface area contributed by atoms with E-state index in [1.165, 1.54) is 16.0 Å². The van der Waals surface area contributed by atoms with E-state index in [9.17, 15) is 0 Å². The lowest BCUT2D eigenvalue weighted by atomic mass is 10.1. The van der Waals surface area contributed by atoms with Gasteiger partial charge in [0.1, 0.15) is 0 Å². The fourth-order valence-electron chi connectivity index (χ4n) is 3.36. The Morgan fingerprint density at radius 1 is 1.13 bits per heavy atom. The standard InChI is InChI=1S/C21H31N7S.HI/c1-17-5-6-18(19(15-17)29-3)16-26-20(22-2)23-9-10-27-11-13-28(14-12-27)21-24-7-4-8-25-21;/h4-8,15H,9-14,16H2,1-3H3,(H2,22,23,26);1H. The molecule has 1 aromatic heterocycles. The highest BCUT2D eigenvalue weighted by molar-refractivity contribution is 14.0. The number of aliphatic imine (C=N–C) groups is 1. The Morgan fingerprint density at radius 3 is 2.53 bits per heavy atom. The Hall–Kier alpha value is -1.59.